The van der Waals surface area contributed by atoms with Gasteiger partial charge in [0.25, 0.3) is 0 Å². The lowest BCUT2D eigenvalue weighted by Crippen LogP contribution is -2.34. The molecule has 0 heterocycles. The van der Waals surface area contributed by atoms with Gasteiger partial charge >= 0.3 is 0 Å². The first-order chi connectivity index (χ1) is 8.09. The van der Waals surface area contributed by atoms with Crippen molar-refractivity contribution in [3.63, 3.8) is 0 Å². The van der Waals surface area contributed by atoms with Crippen molar-refractivity contribution < 1.29 is 0 Å². The number of hydrogen-bond acceptors (Lipinski definition) is 1. The maximum absolute atomic E-state index is 3.79. The van der Waals surface area contributed by atoms with Gasteiger partial charge in [0.1, 0.15) is 0 Å². The van der Waals surface area contributed by atoms with Crippen LogP contribution in [0.25, 0.3) is 0 Å². The first kappa shape index (κ1) is 13.1. The maximum atomic E-state index is 3.79. The number of rotatable bonds is 3. The highest BCUT2D eigenvalue weighted by Crippen LogP contribution is 2.33. The Morgan fingerprint density at radius 1 is 1.24 bits per heavy atom. The zero-order chi connectivity index (χ0) is 12.4. The van der Waals surface area contributed by atoms with Crippen molar-refractivity contribution in [3.05, 3.63) is 34.3 Å². The van der Waals surface area contributed by atoms with Gasteiger partial charge < -0.3 is 5.32 Å². The molecule has 0 spiro atoms. The molecule has 1 aromatic carbocycles. The highest BCUT2D eigenvalue weighted by atomic mass is 79.9. The van der Waals surface area contributed by atoms with E-state index in [0.29, 0.717) is 12.1 Å². The molecule has 4 unspecified atom stereocenters. The maximum Gasteiger partial charge on any atom is 0.0305 e. The van der Waals surface area contributed by atoms with Gasteiger partial charge in [-0.1, -0.05) is 48.0 Å². The van der Waals surface area contributed by atoms with E-state index < -0.39 is 0 Å². The van der Waals surface area contributed by atoms with Crippen LogP contribution in [0.3, 0.4) is 0 Å². The van der Waals surface area contributed by atoms with Gasteiger partial charge in [-0.15, -0.1) is 0 Å². The molecule has 0 aromatic heterocycles. The molecular formula is C15H22BrN. The molecule has 94 valence electrons. The van der Waals surface area contributed by atoms with Crippen LogP contribution in [0.2, 0.25) is 0 Å². The van der Waals surface area contributed by atoms with E-state index in [4.69, 9.17) is 0 Å². The molecule has 1 fully saturated rings. The molecule has 0 radical (unpaired) electrons. The summed E-state index contributed by atoms with van der Waals surface area (Å²) in [6.07, 6.45) is 2.68. The van der Waals surface area contributed by atoms with Gasteiger partial charge in [-0.3, -0.25) is 0 Å². The molecule has 0 bridgehead atoms. The second-order valence-electron chi connectivity index (χ2n) is 5.43. The number of benzene rings is 1. The number of halogens is 1. The molecule has 0 amide bonds. The van der Waals surface area contributed by atoms with Gasteiger partial charge in [-0.2, -0.15) is 0 Å². The summed E-state index contributed by atoms with van der Waals surface area (Å²) >= 11 is 3.63. The molecule has 1 N–H and O–H groups in total. The predicted octanol–water partition coefficient (Wildman–Crippen LogP) is 4.53. The lowest BCUT2D eigenvalue weighted by molar-refractivity contribution is 0.347. The van der Waals surface area contributed by atoms with E-state index in [-0.39, 0.29) is 0 Å². The molecule has 1 saturated carbocycles. The first-order valence-electron chi connectivity index (χ1n) is 6.60. The molecule has 2 rings (SSSR count). The molecule has 2 heteroatoms. The van der Waals surface area contributed by atoms with Gasteiger partial charge in [0.05, 0.1) is 0 Å². The van der Waals surface area contributed by atoms with Crippen LogP contribution in [0.1, 0.15) is 45.2 Å². The predicted molar refractivity (Wildman–Crippen MR) is 77.0 cm³/mol. The third-order valence-corrected chi connectivity index (χ3v) is 5.02. The fourth-order valence-corrected chi connectivity index (χ4v) is 3.47. The van der Waals surface area contributed by atoms with Crippen molar-refractivity contribution in [2.45, 2.75) is 45.7 Å². The molecule has 17 heavy (non-hydrogen) atoms. The summed E-state index contributed by atoms with van der Waals surface area (Å²) < 4.78 is 1.21. The normalized spacial score (nSPS) is 30.5. The third kappa shape index (κ3) is 2.92. The average Bonchev–Trinajstić information content (AvgIpc) is 2.61. The Bertz CT molecular complexity index is 377. The molecule has 0 aliphatic heterocycles. The Morgan fingerprint density at radius 3 is 2.53 bits per heavy atom. The standard InChI is InChI=1S/C15H22BrN/c1-10-8-9-15(11(10)2)17-12(3)13-6-4-5-7-14(13)16/h4-7,10-12,15,17H,8-9H2,1-3H3. The van der Waals surface area contributed by atoms with Crippen molar-refractivity contribution in [1.29, 1.82) is 0 Å². The summed E-state index contributed by atoms with van der Waals surface area (Å²) in [5.74, 6) is 1.65. The third-order valence-electron chi connectivity index (χ3n) is 4.30. The van der Waals surface area contributed by atoms with Crippen LogP contribution in [-0.4, -0.2) is 6.04 Å². The Balaban J connectivity index is 2.02. The molecular weight excluding hydrogens is 274 g/mol. The lowest BCUT2D eigenvalue weighted by atomic mass is 9.96. The average molecular weight is 296 g/mol. The highest BCUT2D eigenvalue weighted by Gasteiger charge is 2.30. The topological polar surface area (TPSA) is 12.0 Å². The zero-order valence-electron chi connectivity index (χ0n) is 10.9. The zero-order valence-corrected chi connectivity index (χ0v) is 12.5. The summed E-state index contributed by atoms with van der Waals surface area (Å²) in [6, 6.07) is 9.59. The molecule has 1 aromatic rings. The Labute approximate surface area is 113 Å². The van der Waals surface area contributed by atoms with E-state index in [1.54, 1.807) is 0 Å². The summed E-state index contributed by atoms with van der Waals surface area (Å²) in [4.78, 5) is 0. The molecule has 1 aliphatic carbocycles. The minimum absolute atomic E-state index is 0.420. The summed E-state index contributed by atoms with van der Waals surface area (Å²) in [6.45, 7) is 7.01. The van der Waals surface area contributed by atoms with Crippen LogP contribution in [0.15, 0.2) is 28.7 Å². The molecule has 1 nitrogen and oxygen atoms in total. The van der Waals surface area contributed by atoms with Gasteiger partial charge in [0.2, 0.25) is 0 Å². The monoisotopic (exact) mass is 295 g/mol. The van der Waals surface area contributed by atoms with Crippen LogP contribution in [0.4, 0.5) is 0 Å². The van der Waals surface area contributed by atoms with E-state index in [0.717, 1.165) is 11.8 Å². The quantitative estimate of drug-likeness (QED) is 0.864. The summed E-state index contributed by atoms with van der Waals surface area (Å²) in [7, 11) is 0. The molecule has 4 atom stereocenters. The fourth-order valence-electron chi connectivity index (χ4n) is 2.84. The van der Waals surface area contributed by atoms with E-state index in [9.17, 15) is 0 Å². The number of nitrogens with one attached hydrogen (secondary N) is 1. The van der Waals surface area contributed by atoms with Crippen LogP contribution < -0.4 is 5.32 Å². The van der Waals surface area contributed by atoms with Crippen molar-refractivity contribution in [1.82, 2.24) is 5.32 Å². The van der Waals surface area contributed by atoms with Crippen molar-refractivity contribution in [3.8, 4) is 0 Å². The minimum Gasteiger partial charge on any atom is -0.307 e. The van der Waals surface area contributed by atoms with E-state index >= 15 is 0 Å². The van der Waals surface area contributed by atoms with Crippen molar-refractivity contribution in [2.24, 2.45) is 11.8 Å². The first-order valence-corrected chi connectivity index (χ1v) is 7.39. The van der Waals surface area contributed by atoms with Crippen molar-refractivity contribution >= 4 is 15.9 Å². The van der Waals surface area contributed by atoms with Crippen LogP contribution >= 0.6 is 15.9 Å². The lowest BCUT2D eigenvalue weighted by Gasteiger charge is -2.25. The Morgan fingerprint density at radius 2 is 1.94 bits per heavy atom. The molecule has 0 saturated heterocycles. The van der Waals surface area contributed by atoms with Gasteiger partial charge in [-0.05, 0) is 43.2 Å². The summed E-state index contributed by atoms with van der Waals surface area (Å²) in [5, 5.41) is 3.79. The van der Waals surface area contributed by atoms with E-state index in [1.165, 1.54) is 22.9 Å². The second-order valence-corrected chi connectivity index (χ2v) is 6.28. The SMILES string of the molecule is CC(NC1CCC(C)C1C)c1ccccc1Br. The van der Waals surface area contributed by atoms with E-state index in [1.807, 2.05) is 0 Å². The minimum atomic E-state index is 0.420. The Kier molecular flexibility index (Phi) is 4.26. The van der Waals surface area contributed by atoms with Crippen LogP contribution in [0, 0.1) is 11.8 Å². The second kappa shape index (κ2) is 5.53. The summed E-state index contributed by atoms with van der Waals surface area (Å²) in [5.41, 5.74) is 1.36. The number of hydrogen-bond donors (Lipinski definition) is 1. The Hall–Kier alpha value is -0.340. The largest absolute Gasteiger partial charge is 0.307 e. The highest BCUT2D eigenvalue weighted by molar-refractivity contribution is 9.10. The smallest absolute Gasteiger partial charge is 0.0305 e. The molecule has 1 aliphatic rings. The van der Waals surface area contributed by atoms with Gasteiger partial charge in [0, 0.05) is 16.6 Å². The fraction of sp³-hybridized carbons (Fsp3) is 0.600. The van der Waals surface area contributed by atoms with Crippen molar-refractivity contribution in [2.75, 3.05) is 0 Å². The van der Waals surface area contributed by atoms with Gasteiger partial charge in [-0.25, -0.2) is 0 Å². The van der Waals surface area contributed by atoms with Crippen LogP contribution in [0.5, 0.6) is 0 Å². The van der Waals surface area contributed by atoms with E-state index in [2.05, 4.69) is 66.3 Å². The van der Waals surface area contributed by atoms with Gasteiger partial charge in [0.15, 0.2) is 0 Å². The van der Waals surface area contributed by atoms with Crippen LogP contribution in [-0.2, 0) is 0 Å².